The predicted molar refractivity (Wildman–Crippen MR) is 65.1 cm³/mol. The van der Waals surface area contributed by atoms with Gasteiger partial charge in [-0.3, -0.25) is 4.68 Å². The van der Waals surface area contributed by atoms with Crippen LogP contribution in [0.4, 0.5) is 13.2 Å². The zero-order valence-electron chi connectivity index (χ0n) is 10.7. The van der Waals surface area contributed by atoms with Gasteiger partial charge in [0, 0.05) is 11.4 Å². The summed E-state index contributed by atoms with van der Waals surface area (Å²) < 4.78 is 40.7. The first-order valence-electron chi connectivity index (χ1n) is 6.38. The van der Waals surface area contributed by atoms with Crippen molar-refractivity contribution in [1.29, 1.82) is 0 Å². The van der Waals surface area contributed by atoms with Gasteiger partial charge in [-0.2, -0.15) is 13.2 Å². The molecule has 0 aromatic carbocycles. The van der Waals surface area contributed by atoms with Crippen LogP contribution in [0.5, 0.6) is 0 Å². The fourth-order valence-corrected chi connectivity index (χ4v) is 2.72. The highest BCUT2D eigenvalue weighted by molar-refractivity contribution is 5.16. The average Bonchev–Trinajstić information content (AvgIpc) is 2.60. The van der Waals surface area contributed by atoms with Crippen LogP contribution in [0, 0.1) is 19.8 Å². The van der Waals surface area contributed by atoms with Gasteiger partial charge < -0.3 is 5.43 Å². The second-order valence-corrected chi connectivity index (χ2v) is 5.12. The second kappa shape index (κ2) is 4.86. The molecule has 2 nitrogen and oxygen atoms in total. The lowest BCUT2D eigenvalue weighted by atomic mass is 9.84. The van der Waals surface area contributed by atoms with Gasteiger partial charge in [-0.15, -0.1) is 0 Å². The van der Waals surface area contributed by atoms with Crippen molar-refractivity contribution in [2.45, 2.75) is 51.7 Å². The van der Waals surface area contributed by atoms with E-state index in [1.807, 2.05) is 26.0 Å². The Labute approximate surface area is 105 Å². The van der Waals surface area contributed by atoms with Crippen molar-refractivity contribution in [1.82, 2.24) is 4.68 Å². The van der Waals surface area contributed by atoms with E-state index in [1.54, 1.807) is 4.68 Å². The number of alkyl halides is 3. The number of aryl methyl sites for hydroxylation is 2. The Morgan fingerprint density at radius 2 is 1.67 bits per heavy atom. The van der Waals surface area contributed by atoms with Gasteiger partial charge in [0.2, 0.25) is 0 Å². The quantitative estimate of drug-likeness (QED) is 0.856. The van der Waals surface area contributed by atoms with E-state index in [4.69, 9.17) is 0 Å². The Kier molecular flexibility index (Phi) is 3.59. The third kappa shape index (κ3) is 2.65. The van der Waals surface area contributed by atoms with Crippen molar-refractivity contribution in [2.75, 3.05) is 5.43 Å². The van der Waals surface area contributed by atoms with Gasteiger partial charge in [0.05, 0.1) is 12.0 Å². The van der Waals surface area contributed by atoms with Gasteiger partial charge >= 0.3 is 6.18 Å². The van der Waals surface area contributed by atoms with E-state index in [9.17, 15) is 13.2 Å². The minimum absolute atomic E-state index is 0.237. The van der Waals surface area contributed by atoms with Crippen LogP contribution in [0.25, 0.3) is 0 Å². The maximum Gasteiger partial charge on any atom is 0.393 e. The highest BCUT2D eigenvalue weighted by Crippen LogP contribution is 2.38. The van der Waals surface area contributed by atoms with Crippen LogP contribution in [0.1, 0.15) is 37.1 Å². The van der Waals surface area contributed by atoms with Gasteiger partial charge in [0.25, 0.3) is 0 Å². The molecule has 1 aliphatic rings. The fraction of sp³-hybridized carbons (Fsp3) is 0.692. The Bertz CT molecular complexity index is 389. The molecule has 2 rings (SSSR count). The lowest BCUT2D eigenvalue weighted by Gasteiger charge is -2.35. The third-order valence-electron chi connectivity index (χ3n) is 3.75. The smallest absolute Gasteiger partial charge is 0.322 e. The summed E-state index contributed by atoms with van der Waals surface area (Å²) in [6.45, 7) is 3.79. The van der Waals surface area contributed by atoms with E-state index in [2.05, 4.69) is 5.43 Å². The van der Waals surface area contributed by atoms with Gasteiger partial charge in [-0.25, -0.2) is 0 Å². The molecule has 0 amide bonds. The first-order valence-corrected chi connectivity index (χ1v) is 6.38. The van der Waals surface area contributed by atoms with Crippen molar-refractivity contribution in [3.63, 3.8) is 0 Å². The number of nitrogens with zero attached hydrogens (tertiary/aromatic N) is 1. The first-order chi connectivity index (χ1) is 8.39. The Morgan fingerprint density at radius 3 is 2.22 bits per heavy atom. The zero-order chi connectivity index (χ0) is 13.3. The minimum atomic E-state index is -4.10. The molecule has 18 heavy (non-hydrogen) atoms. The maximum absolute atomic E-state index is 13.0. The summed E-state index contributed by atoms with van der Waals surface area (Å²) in [5, 5.41) is 0. The highest BCUT2D eigenvalue weighted by atomic mass is 19.4. The van der Waals surface area contributed by atoms with Crippen molar-refractivity contribution in [3.05, 3.63) is 23.5 Å². The fourth-order valence-electron chi connectivity index (χ4n) is 2.72. The molecule has 1 aliphatic carbocycles. The van der Waals surface area contributed by atoms with Crippen molar-refractivity contribution < 1.29 is 13.2 Å². The number of hydrogen-bond acceptors (Lipinski definition) is 1. The zero-order valence-corrected chi connectivity index (χ0v) is 10.7. The molecule has 0 radical (unpaired) electrons. The molecular formula is C13H19F3N2. The average molecular weight is 260 g/mol. The molecule has 1 saturated carbocycles. The van der Waals surface area contributed by atoms with E-state index in [0.29, 0.717) is 12.8 Å². The van der Waals surface area contributed by atoms with E-state index in [0.717, 1.165) is 17.8 Å². The van der Waals surface area contributed by atoms with Crippen LogP contribution in [-0.4, -0.2) is 16.9 Å². The van der Waals surface area contributed by atoms with Gasteiger partial charge in [-0.05, 0) is 38.8 Å². The van der Waals surface area contributed by atoms with Crippen LogP contribution in [-0.2, 0) is 0 Å². The van der Waals surface area contributed by atoms with Crippen LogP contribution in [0.3, 0.4) is 0 Å². The largest absolute Gasteiger partial charge is 0.393 e. The Hall–Kier alpha value is -1.13. The molecule has 102 valence electrons. The number of aromatic nitrogens is 1. The maximum atomic E-state index is 13.0. The summed E-state index contributed by atoms with van der Waals surface area (Å²) in [5.41, 5.74) is 4.94. The first kappa shape index (κ1) is 13.3. The molecule has 1 aromatic rings. The standard InChI is InChI=1S/C13H19F3N2/c1-9-7-8-10(2)18(9)17-12-6-4-3-5-11(12)13(14,15)16/h7-8,11-12,17H,3-6H2,1-2H3. The summed E-state index contributed by atoms with van der Waals surface area (Å²) >= 11 is 0. The van der Waals surface area contributed by atoms with Crippen molar-refractivity contribution in [3.8, 4) is 0 Å². The van der Waals surface area contributed by atoms with Crippen LogP contribution >= 0.6 is 0 Å². The molecule has 0 bridgehead atoms. The second-order valence-electron chi connectivity index (χ2n) is 5.12. The summed E-state index contributed by atoms with van der Waals surface area (Å²) in [6, 6.07) is 3.31. The predicted octanol–water partition coefficient (Wildman–Crippen LogP) is 3.77. The van der Waals surface area contributed by atoms with E-state index in [1.165, 1.54) is 0 Å². The molecule has 1 fully saturated rings. The molecule has 1 aromatic heterocycles. The van der Waals surface area contributed by atoms with E-state index in [-0.39, 0.29) is 6.42 Å². The number of halogens is 3. The highest BCUT2D eigenvalue weighted by Gasteiger charge is 2.45. The minimum Gasteiger partial charge on any atom is -0.322 e. The lowest BCUT2D eigenvalue weighted by Crippen LogP contribution is -2.44. The third-order valence-corrected chi connectivity index (χ3v) is 3.75. The molecule has 2 unspecified atom stereocenters. The molecule has 0 aliphatic heterocycles. The Morgan fingerprint density at radius 1 is 1.11 bits per heavy atom. The SMILES string of the molecule is Cc1ccc(C)n1NC1CCCCC1C(F)(F)F. The molecule has 1 N–H and O–H groups in total. The van der Waals surface area contributed by atoms with E-state index < -0.39 is 18.1 Å². The van der Waals surface area contributed by atoms with E-state index >= 15 is 0 Å². The number of rotatable bonds is 2. The van der Waals surface area contributed by atoms with Gasteiger partial charge in [0.1, 0.15) is 0 Å². The summed E-state index contributed by atoms with van der Waals surface area (Å²) in [4.78, 5) is 0. The normalized spacial score (nSPS) is 25.2. The summed E-state index contributed by atoms with van der Waals surface area (Å²) in [7, 11) is 0. The summed E-state index contributed by atoms with van der Waals surface area (Å²) in [6.07, 6.45) is -1.75. The molecule has 1 heterocycles. The van der Waals surface area contributed by atoms with Crippen LogP contribution in [0.15, 0.2) is 12.1 Å². The molecule has 5 heteroatoms. The monoisotopic (exact) mass is 260 g/mol. The molecule has 0 saturated heterocycles. The van der Waals surface area contributed by atoms with Gasteiger partial charge in [-0.1, -0.05) is 12.8 Å². The topological polar surface area (TPSA) is 17.0 Å². The summed E-state index contributed by atoms with van der Waals surface area (Å²) in [5.74, 6) is -1.23. The molecular weight excluding hydrogens is 241 g/mol. The molecule has 0 spiro atoms. The van der Waals surface area contributed by atoms with Crippen LogP contribution in [0.2, 0.25) is 0 Å². The molecule has 2 atom stereocenters. The number of nitrogens with one attached hydrogen (secondary N) is 1. The van der Waals surface area contributed by atoms with Gasteiger partial charge in [0.15, 0.2) is 0 Å². The lowest BCUT2D eigenvalue weighted by molar-refractivity contribution is -0.185. The van der Waals surface area contributed by atoms with Crippen LogP contribution < -0.4 is 5.43 Å². The number of hydrogen-bond donors (Lipinski definition) is 1. The van der Waals surface area contributed by atoms with Crippen molar-refractivity contribution in [2.24, 2.45) is 5.92 Å². The Balaban J connectivity index is 2.16. The van der Waals surface area contributed by atoms with Crippen molar-refractivity contribution >= 4 is 0 Å².